The zero-order valence-corrected chi connectivity index (χ0v) is 10.5. The molecule has 0 fully saturated rings. The molecule has 3 nitrogen and oxygen atoms in total. The summed E-state index contributed by atoms with van der Waals surface area (Å²) in [5.41, 5.74) is 0. The highest BCUT2D eigenvalue weighted by Gasteiger charge is 1.99. The van der Waals surface area contributed by atoms with Crippen LogP contribution in [0.1, 0.15) is 39.5 Å². The largest absolute Gasteiger partial charge is 0.466 e. The van der Waals surface area contributed by atoms with Crippen LogP contribution in [-0.2, 0) is 9.53 Å². The normalized spacial score (nSPS) is 8.14. The molecule has 0 aliphatic rings. The number of nitrogens with zero attached hydrogens (tertiary/aromatic N) is 1. The van der Waals surface area contributed by atoms with Gasteiger partial charge in [0.25, 0.3) is 0 Å². The number of ether oxygens (including phenoxy) is 1. The Morgan fingerprint density at radius 3 is 2.43 bits per heavy atom. The molecule has 82 valence electrons. The third kappa shape index (κ3) is 17.5. The highest BCUT2D eigenvalue weighted by molar-refractivity contribution is 9.09. The van der Waals surface area contributed by atoms with Crippen LogP contribution in [-0.4, -0.2) is 17.9 Å². The van der Waals surface area contributed by atoms with Crippen molar-refractivity contribution in [3.8, 4) is 6.07 Å². The van der Waals surface area contributed by atoms with Crippen LogP contribution in [0.25, 0.3) is 0 Å². The Bertz CT molecular complexity index is 166. The molecule has 0 spiro atoms. The van der Waals surface area contributed by atoms with E-state index in [1.54, 1.807) is 6.07 Å². The second-order valence-electron chi connectivity index (χ2n) is 2.53. The zero-order chi connectivity index (χ0) is 11.2. The smallest absolute Gasteiger partial charge is 0.305 e. The SMILES string of the molecule is CC#N.CCOC(=O)CCCCCBr. The molecule has 0 amide bonds. The summed E-state index contributed by atoms with van der Waals surface area (Å²) in [5, 5.41) is 8.34. The molecule has 14 heavy (non-hydrogen) atoms. The molecule has 0 aliphatic heterocycles. The van der Waals surface area contributed by atoms with Gasteiger partial charge < -0.3 is 4.74 Å². The Hall–Kier alpha value is -0.560. The Labute approximate surface area is 94.6 Å². The van der Waals surface area contributed by atoms with Gasteiger partial charge in [-0.15, -0.1) is 0 Å². The van der Waals surface area contributed by atoms with E-state index >= 15 is 0 Å². The lowest BCUT2D eigenvalue weighted by molar-refractivity contribution is -0.143. The van der Waals surface area contributed by atoms with E-state index in [1.807, 2.05) is 6.92 Å². The quantitative estimate of drug-likeness (QED) is 0.421. The first-order valence-corrected chi connectivity index (χ1v) is 5.87. The molecule has 0 aliphatic carbocycles. The number of unbranched alkanes of at least 4 members (excludes halogenated alkanes) is 2. The predicted molar refractivity (Wildman–Crippen MR) is 60.2 cm³/mol. The fraction of sp³-hybridized carbons (Fsp3) is 0.800. The summed E-state index contributed by atoms with van der Waals surface area (Å²) in [6.07, 6.45) is 3.76. The monoisotopic (exact) mass is 263 g/mol. The number of alkyl halides is 1. The number of halogens is 1. The summed E-state index contributed by atoms with van der Waals surface area (Å²) in [4.78, 5) is 10.8. The van der Waals surface area contributed by atoms with Crippen LogP contribution in [0.3, 0.4) is 0 Å². The molecule has 0 saturated carbocycles. The van der Waals surface area contributed by atoms with E-state index in [9.17, 15) is 4.79 Å². The van der Waals surface area contributed by atoms with Crippen LogP contribution in [0, 0.1) is 11.3 Å². The van der Waals surface area contributed by atoms with Crippen LogP contribution in [0.15, 0.2) is 0 Å². The van der Waals surface area contributed by atoms with Gasteiger partial charge in [-0.2, -0.15) is 5.26 Å². The van der Waals surface area contributed by atoms with Gasteiger partial charge in [-0.05, 0) is 19.8 Å². The fourth-order valence-electron chi connectivity index (χ4n) is 0.774. The molecular weight excluding hydrogens is 246 g/mol. The first-order valence-electron chi connectivity index (χ1n) is 4.75. The minimum atomic E-state index is -0.0675. The van der Waals surface area contributed by atoms with Gasteiger partial charge in [-0.1, -0.05) is 22.4 Å². The number of hydrogen-bond donors (Lipinski definition) is 0. The summed E-state index contributed by atoms with van der Waals surface area (Å²) < 4.78 is 4.77. The minimum absolute atomic E-state index is 0.0675. The van der Waals surface area contributed by atoms with Crippen molar-refractivity contribution in [3.05, 3.63) is 0 Å². The van der Waals surface area contributed by atoms with Crippen LogP contribution in [0.2, 0.25) is 0 Å². The van der Waals surface area contributed by atoms with Gasteiger partial charge in [0.2, 0.25) is 0 Å². The molecule has 0 heterocycles. The average Bonchev–Trinajstić information content (AvgIpc) is 2.14. The molecule has 0 N–H and O–H groups in total. The van der Waals surface area contributed by atoms with Crippen molar-refractivity contribution in [1.29, 1.82) is 5.26 Å². The molecule has 0 radical (unpaired) electrons. The van der Waals surface area contributed by atoms with Crippen LogP contribution in [0.4, 0.5) is 0 Å². The van der Waals surface area contributed by atoms with Gasteiger partial charge >= 0.3 is 5.97 Å². The molecule has 0 rings (SSSR count). The number of hydrogen-bond acceptors (Lipinski definition) is 3. The summed E-state index contributed by atoms with van der Waals surface area (Å²) in [7, 11) is 0. The Balaban J connectivity index is 0. The second kappa shape index (κ2) is 14.9. The zero-order valence-electron chi connectivity index (χ0n) is 8.88. The van der Waals surface area contributed by atoms with Crippen molar-refractivity contribution >= 4 is 21.9 Å². The highest BCUT2D eigenvalue weighted by atomic mass is 79.9. The van der Waals surface area contributed by atoms with Crippen molar-refractivity contribution in [3.63, 3.8) is 0 Å². The van der Waals surface area contributed by atoms with Crippen LogP contribution < -0.4 is 0 Å². The summed E-state index contributed by atoms with van der Waals surface area (Å²) in [6, 6.07) is 1.75. The average molecular weight is 264 g/mol. The van der Waals surface area contributed by atoms with Crippen LogP contribution >= 0.6 is 15.9 Å². The third-order valence-corrected chi connectivity index (χ3v) is 1.88. The van der Waals surface area contributed by atoms with E-state index in [0.717, 1.165) is 24.6 Å². The van der Waals surface area contributed by atoms with E-state index in [1.165, 1.54) is 6.92 Å². The standard InChI is InChI=1S/C8H15BrO2.C2H3N/c1-2-11-8(10)6-4-3-5-7-9;1-2-3/h2-7H2,1H3;1H3. The van der Waals surface area contributed by atoms with Crippen LogP contribution in [0.5, 0.6) is 0 Å². The van der Waals surface area contributed by atoms with Crippen molar-refractivity contribution < 1.29 is 9.53 Å². The maximum absolute atomic E-state index is 10.8. The first kappa shape index (κ1) is 15.9. The molecule has 4 heteroatoms. The van der Waals surface area contributed by atoms with Crippen molar-refractivity contribution in [2.24, 2.45) is 0 Å². The van der Waals surface area contributed by atoms with E-state index in [2.05, 4.69) is 15.9 Å². The van der Waals surface area contributed by atoms with Gasteiger partial charge in [-0.25, -0.2) is 0 Å². The van der Waals surface area contributed by atoms with Gasteiger partial charge in [-0.3, -0.25) is 4.79 Å². The van der Waals surface area contributed by atoms with E-state index in [-0.39, 0.29) is 5.97 Å². The number of carbonyl (C=O) groups is 1. The molecule has 0 atom stereocenters. The molecular formula is C10H18BrNO2. The lowest BCUT2D eigenvalue weighted by Crippen LogP contribution is -2.03. The molecule has 0 bridgehead atoms. The Morgan fingerprint density at radius 1 is 1.43 bits per heavy atom. The van der Waals surface area contributed by atoms with E-state index in [4.69, 9.17) is 10.00 Å². The number of rotatable bonds is 6. The highest BCUT2D eigenvalue weighted by Crippen LogP contribution is 2.02. The number of esters is 1. The van der Waals surface area contributed by atoms with Gasteiger partial charge in [0.05, 0.1) is 12.7 Å². The Morgan fingerprint density at radius 2 is 2.00 bits per heavy atom. The Kier molecular flexibility index (Phi) is 17.0. The fourth-order valence-corrected chi connectivity index (χ4v) is 1.17. The predicted octanol–water partition coefficient (Wildman–Crippen LogP) is 3.03. The second-order valence-corrected chi connectivity index (χ2v) is 3.32. The maximum atomic E-state index is 10.8. The topological polar surface area (TPSA) is 50.1 Å². The lowest BCUT2D eigenvalue weighted by atomic mass is 10.2. The molecule has 0 aromatic rings. The van der Waals surface area contributed by atoms with Gasteiger partial charge in [0, 0.05) is 18.7 Å². The number of carbonyl (C=O) groups excluding carboxylic acids is 1. The molecule has 0 aromatic carbocycles. The molecule has 0 unspecified atom stereocenters. The molecule has 0 saturated heterocycles. The van der Waals surface area contributed by atoms with Crippen molar-refractivity contribution in [2.75, 3.05) is 11.9 Å². The summed E-state index contributed by atoms with van der Waals surface area (Å²) >= 11 is 3.33. The van der Waals surface area contributed by atoms with E-state index in [0.29, 0.717) is 13.0 Å². The maximum Gasteiger partial charge on any atom is 0.305 e. The summed E-state index contributed by atoms with van der Waals surface area (Å²) in [6.45, 7) is 3.76. The summed E-state index contributed by atoms with van der Waals surface area (Å²) in [5.74, 6) is -0.0675. The molecule has 0 aromatic heterocycles. The number of nitriles is 1. The third-order valence-electron chi connectivity index (χ3n) is 1.32. The van der Waals surface area contributed by atoms with Gasteiger partial charge in [0.1, 0.15) is 0 Å². The lowest BCUT2D eigenvalue weighted by Gasteiger charge is -1.99. The van der Waals surface area contributed by atoms with Crippen molar-refractivity contribution in [2.45, 2.75) is 39.5 Å². The minimum Gasteiger partial charge on any atom is -0.466 e. The van der Waals surface area contributed by atoms with Crippen molar-refractivity contribution in [1.82, 2.24) is 0 Å². The van der Waals surface area contributed by atoms with Gasteiger partial charge in [0.15, 0.2) is 0 Å². The first-order chi connectivity index (χ1) is 6.72. The van der Waals surface area contributed by atoms with E-state index < -0.39 is 0 Å².